The first kappa shape index (κ1) is 13.0. The summed E-state index contributed by atoms with van der Waals surface area (Å²) in [7, 11) is 0. The van der Waals surface area contributed by atoms with Gasteiger partial charge in [-0.05, 0) is 18.6 Å². The summed E-state index contributed by atoms with van der Waals surface area (Å²) in [6, 6.07) is 4.13. The average Bonchev–Trinajstić information content (AvgIpc) is 2.34. The van der Waals surface area contributed by atoms with Gasteiger partial charge < -0.3 is 5.11 Å². The first-order chi connectivity index (χ1) is 8.63. The number of aryl methyl sites for hydroxylation is 1. The van der Waals surface area contributed by atoms with Crippen molar-refractivity contribution in [3.63, 3.8) is 0 Å². The Morgan fingerprint density at radius 3 is 2.50 bits per heavy atom. The van der Waals surface area contributed by atoms with Gasteiger partial charge in [-0.3, -0.25) is 19.6 Å². The number of nitrogens with zero attached hydrogens (tertiary/aromatic N) is 3. The van der Waals surface area contributed by atoms with Crippen molar-refractivity contribution in [1.82, 2.24) is 14.8 Å². The standard InChI is InChI=1S/C13H19N3O2/c1-11-2-3-12(8-14-11)9-15-4-6-16(7-5-15)10-13(17)18/h2-3,8H,4-7,9-10H2,1H3,(H,17,18). The van der Waals surface area contributed by atoms with E-state index in [-0.39, 0.29) is 6.54 Å². The number of hydrogen-bond donors (Lipinski definition) is 1. The molecule has 1 aliphatic heterocycles. The van der Waals surface area contributed by atoms with Crippen molar-refractivity contribution in [3.8, 4) is 0 Å². The highest BCUT2D eigenvalue weighted by Crippen LogP contribution is 2.08. The Labute approximate surface area is 107 Å². The topological polar surface area (TPSA) is 56.7 Å². The van der Waals surface area contributed by atoms with Gasteiger partial charge in [-0.1, -0.05) is 6.07 Å². The Morgan fingerprint density at radius 1 is 1.28 bits per heavy atom. The van der Waals surface area contributed by atoms with E-state index in [0.29, 0.717) is 0 Å². The van der Waals surface area contributed by atoms with Crippen LogP contribution in [0.25, 0.3) is 0 Å². The average molecular weight is 249 g/mol. The largest absolute Gasteiger partial charge is 0.480 e. The fourth-order valence-corrected chi connectivity index (χ4v) is 2.15. The van der Waals surface area contributed by atoms with E-state index in [4.69, 9.17) is 5.11 Å². The fraction of sp³-hybridized carbons (Fsp3) is 0.538. The number of aliphatic carboxylic acids is 1. The molecule has 1 aromatic rings. The second-order valence-corrected chi connectivity index (χ2v) is 4.75. The lowest BCUT2D eigenvalue weighted by atomic mass is 10.2. The van der Waals surface area contributed by atoms with Crippen LogP contribution < -0.4 is 0 Å². The molecule has 5 heteroatoms. The molecule has 18 heavy (non-hydrogen) atoms. The summed E-state index contributed by atoms with van der Waals surface area (Å²) >= 11 is 0. The molecule has 0 spiro atoms. The molecule has 0 aliphatic carbocycles. The highest BCUT2D eigenvalue weighted by atomic mass is 16.4. The number of hydrogen-bond acceptors (Lipinski definition) is 4. The number of piperazine rings is 1. The molecule has 5 nitrogen and oxygen atoms in total. The smallest absolute Gasteiger partial charge is 0.317 e. The number of rotatable bonds is 4. The third kappa shape index (κ3) is 3.78. The van der Waals surface area contributed by atoms with E-state index in [9.17, 15) is 4.79 Å². The van der Waals surface area contributed by atoms with Gasteiger partial charge in [-0.2, -0.15) is 0 Å². The molecule has 1 saturated heterocycles. The zero-order valence-electron chi connectivity index (χ0n) is 10.7. The SMILES string of the molecule is Cc1ccc(CN2CCN(CC(=O)O)CC2)cn1. The number of carbonyl (C=O) groups is 1. The molecule has 1 fully saturated rings. The first-order valence-corrected chi connectivity index (χ1v) is 6.21. The monoisotopic (exact) mass is 249 g/mol. The van der Waals surface area contributed by atoms with Crippen LogP contribution in [0, 0.1) is 6.92 Å². The first-order valence-electron chi connectivity index (χ1n) is 6.21. The van der Waals surface area contributed by atoms with E-state index < -0.39 is 5.97 Å². The molecular weight excluding hydrogens is 230 g/mol. The van der Waals surface area contributed by atoms with E-state index >= 15 is 0 Å². The van der Waals surface area contributed by atoms with Gasteiger partial charge in [0.05, 0.1) is 6.54 Å². The predicted molar refractivity (Wildman–Crippen MR) is 68.3 cm³/mol. The predicted octanol–water partition coefficient (Wildman–Crippen LogP) is 0.592. The van der Waals surface area contributed by atoms with E-state index in [1.165, 1.54) is 5.56 Å². The summed E-state index contributed by atoms with van der Waals surface area (Å²) in [5.41, 5.74) is 2.25. The van der Waals surface area contributed by atoms with Crippen molar-refractivity contribution < 1.29 is 9.90 Å². The molecular formula is C13H19N3O2. The number of aromatic nitrogens is 1. The summed E-state index contributed by atoms with van der Waals surface area (Å²) in [6.07, 6.45) is 1.92. The molecule has 98 valence electrons. The van der Waals surface area contributed by atoms with Crippen LogP contribution in [-0.4, -0.2) is 58.6 Å². The minimum atomic E-state index is -0.744. The minimum absolute atomic E-state index is 0.153. The summed E-state index contributed by atoms with van der Waals surface area (Å²) in [5.74, 6) is -0.744. The molecule has 1 N–H and O–H groups in total. The Bertz CT molecular complexity index is 397. The lowest BCUT2D eigenvalue weighted by Gasteiger charge is -2.33. The highest BCUT2D eigenvalue weighted by molar-refractivity contribution is 5.69. The Kier molecular flexibility index (Phi) is 4.28. The van der Waals surface area contributed by atoms with Crippen molar-refractivity contribution >= 4 is 5.97 Å². The Morgan fingerprint density at radius 2 is 1.94 bits per heavy atom. The van der Waals surface area contributed by atoms with Gasteiger partial charge in [0, 0.05) is 44.6 Å². The number of carboxylic acids is 1. The molecule has 0 aromatic carbocycles. The lowest BCUT2D eigenvalue weighted by molar-refractivity contribution is -0.138. The van der Waals surface area contributed by atoms with Crippen LogP contribution in [0.5, 0.6) is 0 Å². The third-order valence-corrected chi connectivity index (χ3v) is 3.20. The fourth-order valence-electron chi connectivity index (χ4n) is 2.15. The van der Waals surface area contributed by atoms with E-state index in [1.54, 1.807) is 0 Å². The summed E-state index contributed by atoms with van der Waals surface area (Å²) in [4.78, 5) is 19.2. The van der Waals surface area contributed by atoms with Gasteiger partial charge in [-0.15, -0.1) is 0 Å². The van der Waals surface area contributed by atoms with Gasteiger partial charge in [0.2, 0.25) is 0 Å². The zero-order chi connectivity index (χ0) is 13.0. The summed E-state index contributed by atoms with van der Waals surface area (Å²) in [5, 5.41) is 8.73. The third-order valence-electron chi connectivity index (χ3n) is 3.20. The molecule has 0 radical (unpaired) electrons. The molecule has 0 amide bonds. The Hall–Kier alpha value is -1.46. The Balaban J connectivity index is 1.79. The highest BCUT2D eigenvalue weighted by Gasteiger charge is 2.18. The van der Waals surface area contributed by atoms with Crippen LogP contribution in [-0.2, 0) is 11.3 Å². The maximum Gasteiger partial charge on any atom is 0.317 e. The van der Waals surface area contributed by atoms with Gasteiger partial charge >= 0.3 is 5.97 Å². The molecule has 1 aliphatic rings. The second-order valence-electron chi connectivity index (χ2n) is 4.75. The molecule has 0 saturated carbocycles. The van der Waals surface area contributed by atoms with Crippen molar-refractivity contribution in [2.24, 2.45) is 0 Å². The lowest BCUT2D eigenvalue weighted by Crippen LogP contribution is -2.47. The summed E-state index contributed by atoms with van der Waals surface area (Å²) < 4.78 is 0. The second kappa shape index (κ2) is 5.93. The van der Waals surface area contributed by atoms with Crippen molar-refractivity contribution in [2.75, 3.05) is 32.7 Å². The molecule has 2 rings (SSSR count). The van der Waals surface area contributed by atoms with Crippen molar-refractivity contribution in [2.45, 2.75) is 13.5 Å². The van der Waals surface area contributed by atoms with E-state index in [1.807, 2.05) is 24.1 Å². The maximum absolute atomic E-state index is 10.6. The van der Waals surface area contributed by atoms with E-state index in [0.717, 1.165) is 38.4 Å². The van der Waals surface area contributed by atoms with Crippen LogP contribution in [0.4, 0.5) is 0 Å². The van der Waals surface area contributed by atoms with Crippen LogP contribution in [0.2, 0.25) is 0 Å². The molecule has 2 heterocycles. The number of pyridine rings is 1. The number of carboxylic acid groups (broad SMARTS) is 1. The molecule has 0 atom stereocenters. The minimum Gasteiger partial charge on any atom is -0.480 e. The van der Waals surface area contributed by atoms with Crippen molar-refractivity contribution in [1.29, 1.82) is 0 Å². The van der Waals surface area contributed by atoms with Gasteiger partial charge in [0.25, 0.3) is 0 Å². The molecule has 0 unspecified atom stereocenters. The van der Waals surface area contributed by atoms with Crippen molar-refractivity contribution in [3.05, 3.63) is 29.6 Å². The van der Waals surface area contributed by atoms with Crippen LogP contribution in [0.1, 0.15) is 11.3 Å². The van der Waals surface area contributed by atoms with Gasteiger partial charge in [-0.25, -0.2) is 0 Å². The van der Waals surface area contributed by atoms with E-state index in [2.05, 4.69) is 16.0 Å². The molecule has 0 bridgehead atoms. The maximum atomic E-state index is 10.6. The van der Waals surface area contributed by atoms with Crippen LogP contribution >= 0.6 is 0 Å². The van der Waals surface area contributed by atoms with Gasteiger partial charge in [0.15, 0.2) is 0 Å². The molecule has 1 aromatic heterocycles. The summed E-state index contributed by atoms with van der Waals surface area (Å²) in [6.45, 7) is 6.52. The van der Waals surface area contributed by atoms with Crippen LogP contribution in [0.15, 0.2) is 18.3 Å². The van der Waals surface area contributed by atoms with Gasteiger partial charge in [0.1, 0.15) is 0 Å². The quantitative estimate of drug-likeness (QED) is 0.846. The normalized spacial score (nSPS) is 17.8. The zero-order valence-corrected chi connectivity index (χ0v) is 10.7. The van der Waals surface area contributed by atoms with Crippen LogP contribution in [0.3, 0.4) is 0 Å².